The van der Waals surface area contributed by atoms with Crippen LogP contribution in [0.1, 0.15) is 34.1 Å². The predicted molar refractivity (Wildman–Crippen MR) is 123 cm³/mol. The third kappa shape index (κ3) is 3.31. The van der Waals surface area contributed by atoms with Gasteiger partial charge in [0.2, 0.25) is 11.8 Å². The Morgan fingerprint density at radius 1 is 0.613 bits per heavy atom. The van der Waals surface area contributed by atoms with E-state index >= 15 is 0 Å². The van der Waals surface area contributed by atoms with Crippen molar-refractivity contribution in [3.05, 3.63) is 113 Å². The summed E-state index contributed by atoms with van der Waals surface area (Å²) in [5, 5.41) is 0. The van der Waals surface area contributed by atoms with Crippen LogP contribution < -0.4 is 4.90 Å². The van der Waals surface area contributed by atoms with Crippen molar-refractivity contribution in [2.45, 2.75) is 25.7 Å². The molecule has 0 spiro atoms. The molecule has 1 saturated heterocycles. The fourth-order valence-corrected chi connectivity index (χ4v) is 5.27. The maximum atomic E-state index is 13.8. The van der Waals surface area contributed by atoms with Gasteiger partial charge in [-0.1, -0.05) is 78.9 Å². The molecule has 2 aliphatic rings. The summed E-state index contributed by atoms with van der Waals surface area (Å²) in [7, 11) is 0. The first-order valence-electron chi connectivity index (χ1n) is 10.8. The number of amides is 2. The summed E-state index contributed by atoms with van der Waals surface area (Å²) >= 11 is 0. The van der Waals surface area contributed by atoms with Crippen LogP contribution in [0, 0.1) is 25.7 Å². The third-order valence-electron chi connectivity index (χ3n) is 6.53. The van der Waals surface area contributed by atoms with E-state index in [4.69, 9.17) is 0 Å². The van der Waals surface area contributed by atoms with E-state index in [1.807, 2.05) is 86.6 Å². The zero-order chi connectivity index (χ0) is 21.5. The van der Waals surface area contributed by atoms with Crippen molar-refractivity contribution in [1.29, 1.82) is 0 Å². The van der Waals surface area contributed by atoms with Gasteiger partial charge in [-0.2, -0.15) is 0 Å². The van der Waals surface area contributed by atoms with Crippen LogP contribution in [0.3, 0.4) is 0 Å². The summed E-state index contributed by atoms with van der Waals surface area (Å²) in [5.41, 5.74) is 4.92. The average Bonchev–Trinajstić information content (AvgIpc) is 3.04. The van der Waals surface area contributed by atoms with Gasteiger partial charge in [0, 0.05) is 11.8 Å². The zero-order valence-corrected chi connectivity index (χ0v) is 17.7. The van der Waals surface area contributed by atoms with Gasteiger partial charge in [0.1, 0.15) is 0 Å². The Hall–Kier alpha value is -3.46. The molecule has 1 aliphatic carbocycles. The quantitative estimate of drug-likeness (QED) is 0.422. The van der Waals surface area contributed by atoms with Gasteiger partial charge in [-0.05, 0) is 48.2 Å². The maximum Gasteiger partial charge on any atom is 0.238 e. The smallest absolute Gasteiger partial charge is 0.238 e. The highest BCUT2D eigenvalue weighted by atomic mass is 16.2. The third-order valence-corrected chi connectivity index (χ3v) is 6.53. The first kappa shape index (κ1) is 19.5. The molecule has 5 rings (SSSR count). The molecule has 31 heavy (non-hydrogen) atoms. The molecular formula is C28H25NO2. The Labute approximate surface area is 183 Å². The molecule has 4 atom stereocenters. The lowest BCUT2D eigenvalue weighted by atomic mass is 9.68. The van der Waals surface area contributed by atoms with Crippen LogP contribution in [0.4, 0.5) is 5.69 Å². The van der Waals surface area contributed by atoms with Crippen LogP contribution in [-0.4, -0.2) is 11.8 Å². The van der Waals surface area contributed by atoms with Gasteiger partial charge in [-0.15, -0.1) is 0 Å². The number of aryl methyl sites for hydroxylation is 2. The average molecular weight is 408 g/mol. The zero-order valence-electron chi connectivity index (χ0n) is 17.7. The summed E-state index contributed by atoms with van der Waals surface area (Å²) in [5.74, 6) is -1.24. The molecule has 0 saturated carbocycles. The van der Waals surface area contributed by atoms with Gasteiger partial charge in [0.15, 0.2) is 0 Å². The molecule has 0 N–H and O–H groups in total. The van der Waals surface area contributed by atoms with Gasteiger partial charge in [-0.3, -0.25) is 9.59 Å². The lowest BCUT2D eigenvalue weighted by molar-refractivity contribution is -0.122. The normalized spacial score (nSPS) is 25.0. The van der Waals surface area contributed by atoms with Gasteiger partial charge in [0.05, 0.1) is 17.5 Å². The van der Waals surface area contributed by atoms with Gasteiger partial charge in [-0.25, -0.2) is 4.90 Å². The SMILES string of the molecule is Cc1cc(C)cc(N2C(=O)[C@@H]3[C@H](C2=O)[C@@H](c2ccccc2)C=C[C@H]3c2ccccc2)c1. The number of fused-ring (bicyclic) bond motifs is 1. The highest BCUT2D eigenvalue weighted by Crippen LogP contribution is 2.50. The Balaban J connectivity index is 1.64. The lowest BCUT2D eigenvalue weighted by Crippen LogP contribution is -2.31. The summed E-state index contributed by atoms with van der Waals surface area (Å²) in [6.07, 6.45) is 4.26. The minimum Gasteiger partial charge on any atom is -0.274 e. The summed E-state index contributed by atoms with van der Waals surface area (Å²) in [6, 6.07) is 26.0. The van der Waals surface area contributed by atoms with E-state index in [-0.39, 0.29) is 23.7 Å². The Kier molecular flexibility index (Phi) is 4.82. The minimum atomic E-state index is -0.411. The molecule has 2 amide bonds. The topological polar surface area (TPSA) is 37.4 Å². The number of carbonyl (C=O) groups is 2. The van der Waals surface area contributed by atoms with E-state index in [1.54, 1.807) is 0 Å². The number of imide groups is 1. The van der Waals surface area contributed by atoms with Crippen LogP contribution in [0.2, 0.25) is 0 Å². The van der Waals surface area contributed by atoms with Gasteiger partial charge < -0.3 is 0 Å². The van der Waals surface area contributed by atoms with Crippen molar-refractivity contribution in [3.8, 4) is 0 Å². The molecule has 1 fully saturated rings. The van der Waals surface area contributed by atoms with Crippen LogP contribution in [0.5, 0.6) is 0 Å². The first-order chi connectivity index (χ1) is 15.0. The molecule has 0 unspecified atom stereocenters. The van der Waals surface area contributed by atoms with E-state index in [0.717, 1.165) is 22.3 Å². The molecule has 154 valence electrons. The van der Waals surface area contributed by atoms with Crippen molar-refractivity contribution >= 4 is 17.5 Å². The number of allylic oxidation sites excluding steroid dienone is 2. The number of nitrogens with zero attached hydrogens (tertiary/aromatic N) is 1. The maximum absolute atomic E-state index is 13.8. The first-order valence-corrected chi connectivity index (χ1v) is 10.8. The number of carbonyl (C=O) groups excluding carboxylic acids is 2. The Morgan fingerprint density at radius 3 is 1.45 bits per heavy atom. The van der Waals surface area contributed by atoms with E-state index in [9.17, 15) is 9.59 Å². The molecule has 0 radical (unpaired) electrons. The van der Waals surface area contributed by atoms with Crippen molar-refractivity contribution in [1.82, 2.24) is 0 Å². The number of anilines is 1. The minimum absolute atomic E-state index is 0.0980. The van der Waals surface area contributed by atoms with Crippen molar-refractivity contribution in [3.63, 3.8) is 0 Å². The van der Waals surface area contributed by atoms with Crippen LogP contribution in [0.25, 0.3) is 0 Å². The summed E-state index contributed by atoms with van der Waals surface area (Å²) in [6.45, 7) is 3.99. The Bertz CT molecular complexity index is 1080. The lowest BCUT2D eigenvalue weighted by Gasteiger charge is -2.32. The molecule has 1 heterocycles. The van der Waals surface area contributed by atoms with E-state index < -0.39 is 11.8 Å². The second kappa shape index (κ2) is 7.66. The van der Waals surface area contributed by atoms with E-state index in [1.165, 1.54) is 4.90 Å². The highest BCUT2D eigenvalue weighted by molar-refractivity contribution is 6.23. The van der Waals surface area contributed by atoms with Crippen LogP contribution in [-0.2, 0) is 9.59 Å². The Morgan fingerprint density at radius 2 is 1.03 bits per heavy atom. The molecule has 3 aromatic rings. The number of hydrogen-bond acceptors (Lipinski definition) is 2. The summed E-state index contributed by atoms with van der Waals surface area (Å²) in [4.78, 5) is 29.0. The number of rotatable bonds is 3. The number of benzene rings is 3. The second-order valence-corrected chi connectivity index (χ2v) is 8.67. The van der Waals surface area contributed by atoms with Crippen LogP contribution >= 0.6 is 0 Å². The molecule has 3 heteroatoms. The largest absolute Gasteiger partial charge is 0.274 e. The molecule has 3 aromatic carbocycles. The fourth-order valence-electron chi connectivity index (χ4n) is 5.27. The molecular weight excluding hydrogens is 382 g/mol. The molecule has 0 aromatic heterocycles. The number of hydrogen-bond donors (Lipinski definition) is 0. The van der Waals surface area contributed by atoms with E-state index in [0.29, 0.717) is 5.69 Å². The second-order valence-electron chi connectivity index (χ2n) is 8.67. The molecule has 1 aliphatic heterocycles. The van der Waals surface area contributed by atoms with Crippen LogP contribution in [0.15, 0.2) is 91.0 Å². The summed E-state index contributed by atoms with van der Waals surface area (Å²) < 4.78 is 0. The predicted octanol–water partition coefficient (Wildman–Crippen LogP) is 5.55. The van der Waals surface area contributed by atoms with E-state index in [2.05, 4.69) is 18.2 Å². The van der Waals surface area contributed by atoms with Crippen molar-refractivity contribution in [2.24, 2.45) is 11.8 Å². The molecule has 3 nitrogen and oxygen atoms in total. The van der Waals surface area contributed by atoms with Crippen molar-refractivity contribution < 1.29 is 9.59 Å². The van der Waals surface area contributed by atoms with Gasteiger partial charge in [0.25, 0.3) is 0 Å². The van der Waals surface area contributed by atoms with Crippen molar-refractivity contribution in [2.75, 3.05) is 4.90 Å². The standard InChI is InChI=1S/C28H25NO2/c1-18-15-19(2)17-22(16-18)29-27(30)25-23(20-9-5-3-6-10-20)13-14-24(26(25)28(29)31)21-11-7-4-8-12-21/h3-17,23-26H,1-2H3/t23-,24+,25-,26+. The fraction of sp³-hybridized carbons (Fsp3) is 0.214. The highest BCUT2D eigenvalue weighted by Gasteiger charge is 2.55. The van der Waals surface area contributed by atoms with Gasteiger partial charge >= 0.3 is 0 Å². The monoisotopic (exact) mass is 407 g/mol. The molecule has 0 bridgehead atoms.